The summed E-state index contributed by atoms with van der Waals surface area (Å²) in [5.41, 5.74) is 0. The number of nitrogens with one attached hydrogen (secondary N) is 1. The summed E-state index contributed by atoms with van der Waals surface area (Å²) < 4.78 is 0. The van der Waals surface area contributed by atoms with E-state index in [1.807, 2.05) is 4.90 Å². The summed E-state index contributed by atoms with van der Waals surface area (Å²) in [6.07, 6.45) is 2.18. The Morgan fingerprint density at radius 3 is 2.42 bits per heavy atom. The lowest BCUT2D eigenvalue weighted by Gasteiger charge is -2.37. The maximum absolute atomic E-state index is 12.0. The number of nitrogens with zero attached hydrogens (tertiary/aromatic N) is 3. The van der Waals surface area contributed by atoms with Crippen molar-refractivity contribution in [2.45, 2.75) is 32.7 Å². The predicted molar refractivity (Wildman–Crippen MR) is 79.5 cm³/mol. The zero-order chi connectivity index (χ0) is 14.3. The van der Waals surface area contributed by atoms with Crippen molar-refractivity contribution in [3.8, 4) is 0 Å². The van der Waals surface area contributed by atoms with Gasteiger partial charge in [-0.2, -0.15) is 0 Å². The molecule has 1 rings (SSSR count). The molecule has 1 N–H and O–H groups in total. The SMILES string of the molecule is CCC(C)N1CCN(C(=O)NCCCN(C)C)CC1. The fourth-order valence-electron chi connectivity index (χ4n) is 2.33. The van der Waals surface area contributed by atoms with E-state index in [0.717, 1.165) is 45.7 Å². The smallest absolute Gasteiger partial charge is 0.317 e. The van der Waals surface area contributed by atoms with E-state index in [4.69, 9.17) is 0 Å². The average Bonchev–Trinajstić information content (AvgIpc) is 2.42. The second-order valence-corrected chi connectivity index (χ2v) is 5.67. The van der Waals surface area contributed by atoms with Gasteiger partial charge in [0, 0.05) is 38.8 Å². The Morgan fingerprint density at radius 1 is 1.26 bits per heavy atom. The number of carbonyl (C=O) groups excluding carboxylic acids is 1. The molecule has 0 saturated carbocycles. The van der Waals surface area contributed by atoms with E-state index < -0.39 is 0 Å². The molecule has 0 aromatic rings. The normalized spacial score (nSPS) is 18.7. The molecule has 1 atom stereocenters. The summed E-state index contributed by atoms with van der Waals surface area (Å²) in [5.74, 6) is 0. The number of piperazine rings is 1. The molecule has 0 aromatic carbocycles. The second-order valence-electron chi connectivity index (χ2n) is 5.67. The van der Waals surface area contributed by atoms with Crippen LogP contribution in [0.4, 0.5) is 4.79 Å². The summed E-state index contributed by atoms with van der Waals surface area (Å²) in [4.78, 5) is 18.5. The van der Waals surface area contributed by atoms with Crippen molar-refractivity contribution in [3.05, 3.63) is 0 Å². The molecule has 1 aliphatic rings. The van der Waals surface area contributed by atoms with Crippen LogP contribution in [-0.4, -0.2) is 80.1 Å². The average molecular weight is 270 g/mol. The molecule has 1 fully saturated rings. The van der Waals surface area contributed by atoms with Gasteiger partial charge < -0.3 is 15.1 Å². The van der Waals surface area contributed by atoms with Gasteiger partial charge in [-0.05, 0) is 40.4 Å². The number of amides is 2. The summed E-state index contributed by atoms with van der Waals surface area (Å²) in [6.45, 7) is 9.96. The Hall–Kier alpha value is -0.810. The molecule has 112 valence electrons. The molecule has 2 amide bonds. The summed E-state index contributed by atoms with van der Waals surface area (Å²) >= 11 is 0. The minimum absolute atomic E-state index is 0.0996. The van der Waals surface area contributed by atoms with Gasteiger partial charge in [-0.25, -0.2) is 4.79 Å². The Balaban J connectivity index is 2.18. The standard InChI is InChI=1S/C14H30N4O/c1-5-13(2)17-9-11-18(12-10-17)14(19)15-7-6-8-16(3)4/h13H,5-12H2,1-4H3,(H,15,19). The van der Waals surface area contributed by atoms with E-state index in [1.54, 1.807) is 0 Å². The highest BCUT2D eigenvalue weighted by molar-refractivity contribution is 5.74. The Kier molecular flexibility index (Phi) is 7.16. The van der Waals surface area contributed by atoms with Crippen molar-refractivity contribution in [1.29, 1.82) is 0 Å². The largest absolute Gasteiger partial charge is 0.338 e. The summed E-state index contributed by atoms with van der Waals surface area (Å²) in [6, 6.07) is 0.730. The van der Waals surface area contributed by atoms with Crippen molar-refractivity contribution in [1.82, 2.24) is 20.0 Å². The number of carbonyl (C=O) groups is 1. The zero-order valence-electron chi connectivity index (χ0n) is 13.0. The van der Waals surface area contributed by atoms with E-state index in [9.17, 15) is 4.79 Å². The van der Waals surface area contributed by atoms with Gasteiger partial charge in [-0.1, -0.05) is 6.92 Å². The quantitative estimate of drug-likeness (QED) is 0.734. The third kappa shape index (κ3) is 5.78. The molecule has 5 heteroatoms. The van der Waals surface area contributed by atoms with Crippen molar-refractivity contribution in [2.75, 3.05) is 53.4 Å². The molecule has 0 bridgehead atoms. The number of hydrogen-bond donors (Lipinski definition) is 1. The Bertz CT molecular complexity index is 262. The molecule has 1 saturated heterocycles. The van der Waals surface area contributed by atoms with Gasteiger partial charge in [0.05, 0.1) is 0 Å². The van der Waals surface area contributed by atoms with Crippen LogP contribution in [0.5, 0.6) is 0 Å². The first-order valence-corrected chi connectivity index (χ1v) is 7.46. The first kappa shape index (κ1) is 16.2. The van der Waals surface area contributed by atoms with Crippen LogP contribution in [0.15, 0.2) is 0 Å². The topological polar surface area (TPSA) is 38.8 Å². The van der Waals surface area contributed by atoms with Crippen molar-refractivity contribution in [3.63, 3.8) is 0 Å². The van der Waals surface area contributed by atoms with Crippen LogP contribution < -0.4 is 5.32 Å². The molecular formula is C14H30N4O. The fourth-order valence-corrected chi connectivity index (χ4v) is 2.33. The lowest BCUT2D eigenvalue weighted by molar-refractivity contribution is 0.112. The van der Waals surface area contributed by atoms with Crippen LogP contribution in [-0.2, 0) is 0 Å². The number of rotatable bonds is 6. The van der Waals surface area contributed by atoms with Crippen LogP contribution in [0.2, 0.25) is 0 Å². The van der Waals surface area contributed by atoms with E-state index >= 15 is 0 Å². The lowest BCUT2D eigenvalue weighted by Crippen LogP contribution is -2.53. The lowest BCUT2D eigenvalue weighted by atomic mass is 10.2. The number of urea groups is 1. The third-order valence-electron chi connectivity index (χ3n) is 3.87. The first-order chi connectivity index (χ1) is 9.04. The maximum atomic E-state index is 12.0. The van der Waals surface area contributed by atoms with Gasteiger partial charge in [0.15, 0.2) is 0 Å². The molecule has 5 nitrogen and oxygen atoms in total. The second kappa shape index (κ2) is 8.38. The van der Waals surface area contributed by atoms with E-state index in [0.29, 0.717) is 6.04 Å². The first-order valence-electron chi connectivity index (χ1n) is 7.46. The van der Waals surface area contributed by atoms with Gasteiger partial charge in [-0.15, -0.1) is 0 Å². The molecule has 19 heavy (non-hydrogen) atoms. The molecule has 1 heterocycles. The predicted octanol–water partition coefficient (Wildman–Crippen LogP) is 1.06. The van der Waals surface area contributed by atoms with Crippen LogP contribution in [0.25, 0.3) is 0 Å². The molecule has 1 aliphatic heterocycles. The third-order valence-corrected chi connectivity index (χ3v) is 3.87. The van der Waals surface area contributed by atoms with E-state index in [2.05, 4.69) is 43.1 Å². The zero-order valence-corrected chi connectivity index (χ0v) is 13.0. The van der Waals surface area contributed by atoms with Crippen LogP contribution in [0.1, 0.15) is 26.7 Å². The molecule has 0 aliphatic carbocycles. The molecular weight excluding hydrogens is 240 g/mol. The van der Waals surface area contributed by atoms with Gasteiger partial charge >= 0.3 is 6.03 Å². The van der Waals surface area contributed by atoms with Crippen LogP contribution >= 0.6 is 0 Å². The van der Waals surface area contributed by atoms with E-state index in [1.165, 1.54) is 6.42 Å². The van der Waals surface area contributed by atoms with E-state index in [-0.39, 0.29) is 6.03 Å². The van der Waals surface area contributed by atoms with Crippen molar-refractivity contribution in [2.24, 2.45) is 0 Å². The molecule has 0 radical (unpaired) electrons. The van der Waals surface area contributed by atoms with Crippen molar-refractivity contribution < 1.29 is 4.79 Å². The number of hydrogen-bond acceptors (Lipinski definition) is 3. The highest BCUT2D eigenvalue weighted by Gasteiger charge is 2.22. The highest BCUT2D eigenvalue weighted by Crippen LogP contribution is 2.08. The van der Waals surface area contributed by atoms with Gasteiger partial charge in [-0.3, -0.25) is 4.90 Å². The Morgan fingerprint density at radius 2 is 1.89 bits per heavy atom. The monoisotopic (exact) mass is 270 g/mol. The Labute approximate surface area is 117 Å². The summed E-state index contributed by atoms with van der Waals surface area (Å²) in [5, 5.41) is 3.01. The van der Waals surface area contributed by atoms with Gasteiger partial charge in [0.1, 0.15) is 0 Å². The fraction of sp³-hybridized carbons (Fsp3) is 0.929. The van der Waals surface area contributed by atoms with Crippen molar-refractivity contribution >= 4 is 6.03 Å². The molecule has 0 spiro atoms. The van der Waals surface area contributed by atoms with Crippen LogP contribution in [0, 0.1) is 0 Å². The minimum atomic E-state index is 0.0996. The summed E-state index contributed by atoms with van der Waals surface area (Å²) in [7, 11) is 4.10. The molecule has 1 unspecified atom stereocenters. The maximum Gasteiger partial charge on any atom is 0.317 e. The molecule has 0 aromatic heterocycles. The van der Waals surface area contributed by atoms with Crippen LogP contribution in [0.3, 0.4) is 0 Å². The van der Waals surface area contributed by atoms with Gasteiger partial charge in [0.25, 0.3) is 0 Å². The minimum Gasteiger partial charge on any atom is -0.338 e. The van der Waals surface area contributed by atoms with Gasteiger partial charge in [0.2, 0.25) is 0 Å². The highest BCUT2D eigenvalue weighted by atomic mass is 16.2.